The first kappa shape index (κ1) is 15.4. The van der Waals surface area contributed by atoms with Crippen molar-refractivity contribution in [2.45, 2.75) is 52.0 Å². The summed E-state index contributed by atoms with van der Waals surface area (Å²) in [6, 6.07) is 10.2. The number of benzene rings is 1. The second-order valence-electron chi connectivity index (χ2n) is 5.64. The van der Waals surface area contributed by atoms with Gasteiger partial charge in [0.15, 0.2) is 0 Å². The molecule has 0 aliphatic rings. The molecule has 0 fully saturated rings. The Labute approximate surface area is 126 Å². The van der Waals surface area contributed by atoms with E-state index in [4.69, 9.17) is 0 Å². The Bertz CT molecular complexity index is 583. The summed E-state index contributed by atoms with van der Waals surface area (Å²) in [5.41, 5.74) is 2.85. The Morgan fingerprint density at radius 3 is 2.48 bits per heavy atom. The zero-order chi connectivity index (χ0) is 15.1. The van der Waals surface area contributed by atoms with Gasteiger partial charge in [-0.15, -0.1) is 0 Å². The number of nitrogens with one attached hydrogen (secondary N) is 3. The lowest BCUT2D eigenvalue weighted by molar-refractivity contribution is 0.594. The molecule has 3 N–H and O–H groups in total. The van der Waals surface area contributed by atoms with Gasteiger partial charge < -0.3 is 5.32 Å². The van der Waals surface area contributed by atoms with Crippen molar-refractivity contribution >= 4 is 5.69 Å². The Balaban J connectivity index is 1.86. The molecule has 0 saturated heterocycles. The fourth-order valence-corrected chi connectivity index (χ4v) is 2.47. The van der Waals surface area contributed by atoms with Crippen molar-refractivity contribution in [3.05, 3.63) is 40.7 Å². The van der Waals surface area contributed by atoms with Gasteiger partial charge in [0.05, 0.1) is 5.69 Å². The molecule has 4 nitrogen and oxygen atoms in total. The second-order valence-corrected chi connectivity index (χ2v) is 5.64. The number of rotatable bonds is 8. The number of aromatic amines is 2. The van der Waals surface area contributed by atoms with Crippen LogP contribution in [0.4, 0.5) is 5.69 Å². The zero-order valence-electron chi connectivity index (χ0n) is 12.9. The van der Waals surface area contributed by atoms with E-state index in [2.05, 4.69) is 41.5 Å². The molecule has 0 radical (unpaired) electrons. The lowest BCUT2D eigenvalue weighted by Gasteiger charge is -2.15. The van der Waals surface area contributed by atoms with Crippen LogP contribution < -0.4 is 10.9 Å². The van der Waals surface area contributed by atoms with Crippen molar-refractivity contribution in [1.82, 2.24) is 10.2 Å². The van der Waals surface area contributed by atoms with Gasteiger partial charge in [-0.3, -0.25) is 15.0 Å². The van der Waals surface area contributed by atoms with Crippen molar-refractivity contribution in [1.29, 1.82) is 0 Å². The summed E-state index contributed by atoms with van der Waals surface area (Å²) in [5, 5.41) is 8.94. The smallest absolute Gasteiger partial charge is 0.264 e. The highest BCUT2D eigenvalue weighted by molar-refractivity contribution is 5.62. The van der Waals surface area contributed by atoms with Crippen LogP contribution in [0.25, 0.3) is 11.3 Å². The lowest BCUT2D eigenvalue weighted by atomic mass is 10.1. The van der Waals surface area contributed by atoms with Crippen molar-refractivity contribution in [3.8, 4) is 11.3 Å². The average molecular weight is 287 g/mol. The standard InChI is InChI=1S/C17H25N3O/c1-3-4-5-6-7-13(2)18-15-10-8-14(9-11-15)16-12-17(21)20-19-16/h8-13,18H,3-7H2,1-2H3,(H2,19,20,21). The number of H-pyrrole nitrogens is 2. The van der Waals surface area contributed by atoms with E-state index in [1.807, 2.05) is 12.1 Å². The fourth-order valence-electron chi connectivity index (χ4n) is 2.47. The summed E-state index contributed by atoms with van der Waals surface area (Å²) < 4.78 is 0. The van der Waals surface area contributed by atoms with Gasteiger partial charge in [-0.05, 0) is 31.0 Å². The number of hydrogen-bond acceptors (Lipinski definition) is 2. The quantitative estimate of drug-likeness (QED) is 0.639. The van der Waals surface area contributed by atoms with Gasteiger partial charge in [0.2, 0.25) is 0 Å². The average Bonchev–Trinajstić information content (AvgIpc) is 2.91. The molecule has 21 heavy (non-hydrogen) atoms. The molecule has 2 aromatic rings. The van der Waals surface area contributed by atoms with Crippen molar-refractivity contribution < 1.29 is 0 Å². The molecular weight excluding hydrogens is 262 g/mol. The minimum absolute atomic E-state index is 0.104. The van der Waals surface area contributed by atoms with Crippen molar-refractivity contribution in [3.63, 3.8) is 0 Å². The number of aromatic nitrogens is 2. The highest BCUT2D eigenvalue weighted by Crippen LogP contribution is 2.19. The summed E-state index contributed by atoms with van der Waals surface area (Å²) in [5.74, 6) is 0. The maximum Gasteiger partial charge on any atom is 0.264 e. The first-order valence-electron chi connectivity index (χ1n) is 7.83. The van der Waals surface area contributed by atoms with E-state index in [0.717, 1.165) is 16.9 Å². The molecule has 2 rings (SSSR count). The first-order valence-corrected chi connectivity index (χ1v) is 7.83. The third-order valence-electron chi connectivity index (χ3n) is 3.70. The molecule has 0 bridgehead atoms. The normalized spacial score (nSPS) is 12.3. The van der Waals surface area contributed by atoms with Gasteiger partial charge in [0.1, 0.15) is 0 Å². The third kappa shape index (κ3) is 4.81. The highest BCUT2D eigenvalue weighted by Gasteiger charge is 2.04. The van der Waals surface area contributed by atoms with Crippen LogP contribution in [0.15, 0.2) is 35.1 Å². The molecule has 0 spiro atoms. The molecular formula is C17H25N3O. The Morgan fingerprint density at radius 2 is 1.86 bits per heavy atom. The Morgan fingerprint density at radius 1 is 1.10 bits per heavy atom. The minimum Gasteiger partial charge on any atom is -0.383 e. The monoisotopic (exact) mass is 287 g/mol. The molecule has 1 atom stereocenters. The second kappa shape index (κ2) is 7.72. The topological polar surface area (TPSA) is 60.7 Å². The molecule has 0 aliphatic carbocycles. The van der Waals surface area contributed by atoms with Crippen LogP contribution >= 0.6 is 0 Å². The summed E-state index contributed by atoms with van der Waals surface area (Å²) in [7, 11) is 0. The van der Waals surface area contributed by atoms with Crippen molar-refractivity contribution in [2.24, 2.45) is 0 Å². The van der Waals surface area contributed by atoms with E-state index in [9.17, 15) is 4.79 Å². The minimum atomic E-state index is -0.104. The summed E-state index contributed by atoms with van der Waals surface area (Å²) in [6.45, 7) is 4.46. The van der Waals surface area contributed by atoms with E-state index in [1.54, 1.807) is 6.07 Å². The number of anilines is 1. The van der Waals surface area contributed by atoms with E-state index in [-0.39, 0.29) is 5.56 Å². The number of hydrogen-bond donors (Lipinski definition) is 3. The number of unbranched alkanes of at least 4 members (excludes halogenated alkanes) is 3. The van der Waals surface area contributed by atoms with Crippen LogP contribution in [0, 0.1) is 0 Å². The predicted molar refractivity (Wildman–Crippen MR) is 88.7 cm³/mol. The molecule has 4 heteroatoms. The van der Waals surface area contributed by atoms with Crippen LogP contribution in [0.3, 0.4) is 0 Å². The fraction of sp³-hybridized carbons (Fsp3) is 0.471. The van der Waals surface area contributed by atoms with Gasteiger partial charge >= 0.3 is 0 Å². The lowest BCUT2D eigenvalue weighted by Crippen LogP contribution is -2.14. The molecule has 0 aliphatic heterocycles. The van der Waals surface area contributed by atoms with Crippen LogP contribution in [0.1, 0.15) is 46.0 Å². The molecule has 1 aromatic heterocycles. The third-order valence-corrected chi connectivity index (χ3v) is 3.70. The van der Waals surface area contributed by atoms with Crippen LogP contribution in [0.5, 0.6) is 0 Å². The van der Waals surface area contributed by atoms with Crippen LogP contribution in [-0.2, 0) is 0 Å². The highest BCUT2D eigenvalue weighted by atomic mass is 16.1. The van der Waals surface area contributed by atoms with E-state index < -0.39 is 0 Å². The SMILES string of the molecule is CCCCCCC(C)Nc1ccc(-c2cc(=O)[nH][nH]2)cc1. The van der Waals surface area contributed by atoms with Gasteiger partial charge in [-0.25, -0.2) is 0 Å². The summed E-state index contributed by atoms with van der Waals surface area (Å²) in [6.07, 6.45) is 6.42. The maximum absolute atomic E-state index is 11.1. The summed E-state index contributed by atoms with van der Waals surface area (Å²) >= 11 is 0. The molecule has 1 heterocycles. The molecule has 1 unspecified atom stereocenters. The molecule has 0 amide bonds. The first-order chi connectivity index (χ1) is 10.2. The van der Waals surface area contributed by atoms with E-state index >= 15 is 0 Å². The van der Waals surface area contributed by atoms with Gasteiger partial charge in [0.25, 0.3) is 5.56 Å². The van der Waals surface area contributed by atoms with Crippen LogP contribution in [0.2, 0.25) is 0 Å². The largest absolute Gasteiger partial charge is 0.383 e. The Hall–Kier alpha value is -1.97. The maximum atomic E-state index is 11.1. The summed E-state index contributed by atoms with van der Waals surface area (Å²) in [4.78, 5) is 11.1. The van der Waals surface area contributed by atoms with Gasteiger partial charge in [-0.2, -0.15) is 0 Å². The van der Waals surface area contributed by atoms with E-state index in [0.29, 0.717) is 6.04 Å². The van der Waals surface area contributed by atoms with Crippen molar-refractivity contribution in [2.75, 3.05) is 5.32 Å². The Kier molecular flexibility index (Phi) is 5.67. The molecule has 1 aromatic carbocycles. The predicted octanol–water partition coefficient (Wildman–Crippen LogP) is 4.14. The zero-order valence-corrected chi connectivity index (χ0v) is 12.9. The van der Waals surface area contributed by atoms with Crippen LogP contribution in [-0.4, -0.2) is 16.2 Å². The molecule has 114 valence electrons. The molecule has 0 saturated carbocycles. The van der Waals surface area contributed by atoms with Gasteiger partial charge in [-0.1, -0.05) is 44.7 Å². The van der Waals surface area contributed by atoms with Gasteiger partial charge in [0, 0.05) is 17.8 Å². The van der Waals surface area contributed by atoms with E-state index in [1.165, 1.54) is 32.1 Å².